The van der Waals surface area contributed by atoms with Gasteiger partial charge in [-0.15, -0.1) is 0 Å². The minimum atomic E-state index is -0.415. The second-order valence-electron chi connectivity index (χ2n) is 7.72. The van der Waals surface area contributed by atoms with Crippen LogP contribution in [-0.2, 0) is 0 Å². The highest BCUT2D eigenvalue weighted by atomic mass is 16.3. The molecular weight excluding hydrogens is 234 g/mol. The average Bonchev–Trinajstić information content (AvgIpc) is 3.01. The molecule has 0 amide bonds. The van der Waals surface area contributed by atoms with Crippen LogP contribution in [0.3, 0.4) is 0 Å². The molecule has 0 heterocycles. The number of rotatable bonds is 4. The van der Waals surface area contributed by atoms with Crippen LogP contribution in [0.25, 0.3) is 0 Å². The van der Waals surface area contributed by atoms with Gasteiger partial charge < -0.3 is 10.8 Å². The first-order valence-electron chi connectivity index (χ1n) is 8.56. The van der Waals surface area contributed by atoms with Crippen molar-refractivity contribution in [2.24, 2.45) is 28.9 Å². The first-order chi connectivity index (χ1) is 9.13. The average molecular weight is 265 g/mol. The Bertz CT molecular complexity index is 321. The largest absolute Gasteiger partial charge is 0.389 e. The molecule has 110 valence electrons. The quantitative estimate of drug-likeness (QED) is 0.817. The summed E-state index contributed by atoms with van der Waals surface area (Å²) in [6.07, 6.45) is 12.5. The van der Waals surface area contributed by atoms with Gasteiger partial charge in [0, 0.05) is 12.0 Å². The summed E-state index contributed by atoms with van der Waals surface area (Å²) in [6, 6.07) is 0. The maximum Gasteiger partial charge on any atom is 0.0746 e. The van der Waals surface area contributed by atoms with Crippen molar-refractivity contribution in [3.05, 3.63) is 0 Å². The molecule has 3 fully saturated rings. The Morgan fingerprint density at radius 2 is 1.89 bits per heavy atom. The zero-order valence-electron chi connectivity index (χ0n) is 12.5. The normalized spacial score (nSPS) is 49.7. The third kappa shape index (κ3) is 2.06. The van der Waals surface area contributed by atoms with E-state index in [0.29, 0.717) is 12.5 Å². The third-order valence-corrected chi connectivity index (χ3v) is 6.88. The fourth-order valence-electron chi connectivity index (χ4n) is 5.69. The van der Waals surface area contributed by atoms with Crippen LogP contribution < -0.4 is 5.73 Å². The van der Waals surface area contributed by atoms with E-state index in [9.17, 15) is 5.11 Å². The van der Waals surface area contributed by atoms with Crippen molar-refractivity contribution in [1.29, 1.82) is 0 Å². The van der Waals surface area contributed by atoms with Crippen molar-refractivity contribution in [2.45, 2.75) is 76.7 Å². The highest BCUT2D eigenvalue weighted by Gasteiger charge is 2.60. The van der Waals surface area contributed by atoms with Gasteiger partial charge in [0.1, 0.15) is 0 Å². The number of fused-ring (bicyclic) bond motifs is 2. The maximum atomic E-state index is 11.4. The van der Waals surface area contributed by atoms with E-state index in [2.05, 4.69) is 6.92 Å². The SMILES string of the molecule is CCCC1CCC(CN)(C2(O)CC3CCC2C3)CC1. The molecule has 3 N–H and O–H groups in total. The molecule has 0 radical (unpaired) electrons. The maximum absolute atomic E-state index is 11.4. The lowest BCUT2D eigenvalue weighted by Gasteiger charge is -2.52. The van der Waals surface area contributed by atoms with Gasteiger partial charge in [0.15, 0.2) is 0 Å². The minimum Gasteiger partial charge on any atom is -0.389 e. The van der Waals surface area contributed by atoms with Crippen molar-refractivity contribution < 1.29 is 5.11 Å². The molecule has 0 aromatic heterocycles. The van der Waals surface area contributed by atoms with Crippen LogP contribution in [-0.4, -0.2) is 17.3 Å². The van der Waals surface area contributed by atoms with E-state index in [1.54, 1.807) is 0 Å². The first-order valence-corrected chi connectivity index (χ1v) is 8.56. The van der Waals surface area contributed by atoms with Crippen LogP contribution in [0.2, 0.25) is 0 Å². The molecule has 3 saturated carbocycles. The third-order valence-electron chi connectivity index (χ3n) is 6.88. The van der Waals surface area contributed by atoms with Gasteiger partial charge in [-0.1, -0.05) is 19.8 Å². The summed E-state index contributed by atoms with van der Waals surface area (Å²) in [4.78, 5) is 0. The van der Waals surface area contributed by atoms with Crippen molar-refractivity contribution in [1.82, 2.24) is 0 Å². The van der Waals surface area contributed by atoms with Gasteiger partial charge in [-0.3, -0.25) is 0 Å². The zero-order valence-corrected chi connectivity index (χ0v) is 12.5. The van der Waals surface area contributed by atoms with Gasteiger partial charge in [0.25, 0.3) is 0 Å². The molecule has 19 heavy (non-hydrogen) atoms. The van der Waals surface area contributed by atoms with Crippen molar-refractivity contribution in [3.8, 4) is 0 Å². The molecule has 2 heteroatoms. The summed E-state index contributed by atoms with van der Waals surface area (Å²) in [5, 5.41) is 11.4. The lowest BCUT2D eigenvalue weighted by Crippen LogP contribution is -2.57. The Balaban J connectivity index is 1.74. The second kappa shape index (κ2) is 5.04. The lowest BCUT2D eigenvalue weighted by atomic mass is 9.56. The van der Waals surface area contributed by atoms with E-state index >= 15 is 0 Å². The fourth-order valence-corrected chi connectivity index (χ4v) is 5.69. The Hall–Kier alpha value is -0.0800. The van der Waals surface area contributed by atoms with Crippen LogP contribution in [0.1, 0.15) is 71.1 Å². The Morgan fingerprint density at radius 1 is 1.16 bits per heavy atom. The van der Waals surface area contributed by atoms with Crippen LogP contribution >= 0.6 is 0 Å². The number of hydrogen-bond donors (Lipinski definition) is 2. The van der Waals surface area contributed by atoms with E-state index in [1.807, 2.05) is 0 Å². The first kappa shape index (κ1) is 13.9. The molecule has 3 atom stereocenters. The Kier molecular flexibility index (Phi) is 3.68. The standard InChI is InChI=1S/C17H31NO/c1-2-3-13-6-8-16(12-18,9-7-13)17(19)11-14-4-5-15(17)10-14/h13-15,19H,2-12,18H2,1H3. The molecular formula is C17H31NO. The fraction of sp³-hybridized carbons (Fsp3) is 1.00. The molecule has 3 aliphatic rings. The van der Waals surface area contributed by atoms with Gasteiger partial charge in [-0.05, 0) is 69.1 Å². The predicted molar refractivity (Wildman–Crippen MR) is 78.8 cm³/mol. The van der Waals surface area contributed by atoms with Crippen LogP contribution in [0.4, 0.5) is 0 Å². The minimum absolute atomic E-state index is 0.0527. The smallest absolute Gasteiger partial charge is 0.0746 e. The molecule has 0 spiro atoms. The number of hydrogen-bond acceptors (Lipinski definition) is 2. The van der Waals surface area contributed by atoms with Gasteiger partial charge in [-0.2, -0.15) is 0 Å². The summed E-state index contributed by atoms with van der Waals surface area (Å²) in [5.74, 6) is 2.25. The van der Waals surface area contributed by atoms with Gasteiger partial charge >= 0.3 is 0 Å². The lowest BCUT2D eigenvalue weighted by molar-refractivity contribution is -0.139. The van der Waals surface area contributed by atoms with E-state index in [-0.39, 0.29) is 5.41 Å². The molecule has 3 aliphatic carbocycles. The van der Waals surface area contributed by atoms with Crippen molar-refractivity contribution in [3.63, 3.8) is 0 Å². The van der Waals surface area contributed by atoms with E-state index in [4.69, 9.17) is 5.73 Å². The summed E-state index contributed by atoms with van der Waals surface area (Å²) in [7, 11) is 0. The van der Waals surface area contributed by atoms with Crippen LogP contribution in [0.15, 0.2) is 0 Å². The zero-order chi connectivity index (χ0) is 13.5. The Labute approximate surface area is 118 Å². The topological polar surface area (TPSA) is 46.2 Å². The second-order valence-corrected chi connectivity index (χ2v) is 7.72. The highest BCUT2D eigenvalue weighted by molar-refractivity contribution is 5.12. The van der Waals surface area contributed by atoms with E-state index in [0.717, 1.165) is 18.3 Å². The van der Waals surface area contributed by atoms with Crippen LogP contribution in [0.5, 0.6) is 0 Å². The van der Waals surface area contributed by atoms with Crippen molar-refractivity contribution in [2.75, 3.05) is 6.54 Å². The molecule has 3 unspecified atom stereocenters. The highest BCUT2D eigenvalue weighted by Crippen LogP contribution is 2.61. The van der Waals surface area contributed by atoms with E-state index in [1.165, 1.54) is 57.8 Å². The molecule has 2 nitrogen and oxygen atoms in total. The van der Waals surface area contributed by atoms with Gasteiger partial charge in [0.05, 0.1) is 5.60 Å². The number of nitrogens with two attached hydrogens (primary N) is 1. The van der Waals surface area contributed by atoms with Crippen LogP contribution in [0, 0.1) is 23.2 Å². The predicted octanol–water partition coefficient (Wildman–Crippen LogP) is 3.47. The summed E-state index contributed by atoms with van der Waals surface area (Å²) in [5.41, 5.74) is 5.83. The molecule has 3 rings (SSSR count). The van der Waals surface area contributed by atoms with E-state index < -0.39 is 5.60 Å². The molecule has 0 aliphatic heterocycles. The molecule has 0 saturated heterocycles. The summed E-state index contributed by atoms with van der Waals surface area (Å²) >= 11 is 0. The molecule has 2 bridgehead atoms. The van der Waals surface area contributed by atoms with Gasteiger partial charge in [0.2, 0.25) is 0 Å². The van der Waals surface area contributed by atoms with Crippen molar-refractivity contribution >= 4 is 0 Å². The monoisotopic (exact) mass is 265 g/mol. The molecule has 0 aromatic carbocycles. The summed E-state index contributed by atoms with van der Waals surface area (Å²) in [6.45, 7) is 2.99. The molecule has 0 aromatic rings. The Morgan fingerprint density at radius 3 is 2.37 bits per heavy atom. The summed E-state index contributed by atoms with van der Waals surface area (Å²) < 4.78 is 0. The van der Waals surface area contributed by atoms with Gasteiger partial charge in [-0.25, -0.2) is 0 Å². The number of aliphatic hydroxyl groups is 1.